The lowest BCUT2D eigenvalue weighted by Crippen LogP contribution is -2.56. The Bertz CT molecular complexity index is 212. The Kier molecular flexibility index (Phi) is 3.80. The lowest BCUT2D eigenvalue weighted by molar-refractivity contribution is -0.107. The Labute approximate surface area is 93.4 Å². The highest BCUT2D eigenvalue weighted by Gasteiger charge is 2.47. The molecule has 0 aromatic heterocycles. The molecule has 1 heterocycles. The van der Waals surface area contributed by atoms with Gasteiger partial charge in [-0.05, 0) is 25.2 Å². The van der Waals surface area contributed by atoms with Crippen LogP contribution in [-0.4, -0.2) is 42.0 Å². The smallest absolute Gasteiger partial charge is 0.131 e. The minimum Gasteiger partial charge on any atom is -0.381 e. The second kappa shape index (κ2) is 4.40. The van der Waals surface area contributed by atoms with Gasteiger partial charge in [0.15, 0.2) is 0 Å². The topological polar surface area (TPSA) is 32.7 Å². The van der Waals surface area contributed by atoms with Crippen molar-refractivity contribution < 1.29 is 9.84 Å². The van der Waals surface area contributed by atoms with E-state index in [0.29, 0.717) is 6.61 Å². The van der Waals surface area contributed by atoms with Crippen molar-refractivity contribution in [2.45, 2.75) is 52.3 Å². The van der Waals surface area contributed by atoms with E-state index in [-0.39, 0.29) is 11.0 Å². The summed E-state index contributed by atoms with van der Waals surface area (Å²) in [6.07, 6.45) is 1.84. The van der Waals surface area contributed by atoms with E-state index in [1.54, 1.807) is 7.11 Å². The van der Waals surface area contributed by atoms with E-state index in [1.165, 1.54) is 0 Å². The van der Waals surface area contributed by atoms with Crippen LogP contribution in [0.25, 0.3) is 0 Å². The Morgan fingerprint density at radius 3 is 2.53 bits per heavy atom. The zero-order valence-corrected chi connectivity index (χ0v) is 10.7. The normalized spacial score (nSPS) is 30.8. The van der Waals surface area contributed by atoms with Crippen LogP contribution in [0.15, 0.2) is 0 Å². The van der Waals surface area contributed by atoms with Crippen molar-refractivity contribution in [2.75, 3.05) is 20.3 Å². The molecule has 90 valence electrons. The molecule has 1 N–H and O–H groups in total. The number of aliphatic hydroxyl groups is 1. The van der Waals surface area contributed by atoms with Crippen LogP contribution in [0.4, 0.5) is 0 Å². The number of hydrogen-bond donors (Lipinski definition) is 1. The minimum absolute atomic E-state index is 0.0744. The van der Waals surface area contributed by atoms with Gasteiger partial charge >= 0.3 is 0 Å². The number of ether oxygens (including phenoxy) is 1. The van der Waals surface area contributed by atoms with E-state index in [4.69, 9.17) is 4.74 Å². The molecular formula is C12H25NO2. The highest BCUT2D eigenvalue weighted by molar-refractivity contribution is 5.01. The molecule has 0 saturated carbocycles. The first kappa shape index (κ1) is 12.9. The van der Waals surface area contributed by atoms with Crippen LogP contribution < -0.4 is 0 Å². The molecule has 0 amide bonds. The van der Waals surface area contributed by atoms with Crippen LogP contribution >= 0.6 is 0 Å². The molecular weight excluding hydrogens is 190 g/mol. The van der Waals surface area contributed by atoms with Crippen molar-refractivity contribution in [3.05, 3.63) is 0 Å². The van der Waals surface area contributed by atoms with Crippen molar-refractivity contribution in [3.8, 4) is 0 Å². The number of likely N-dealkylation sites (tertiary alicyclic amines) is 1. The fourth-order valence-corrected chi connectivity index (χ4v) is 2.51. The molecule has 0 aromatic rings. The summed E-state index contributed by atoms with van der Waals surface area (Å²) in [6, 6.07) is 0. The maximum Gasteiger partial charge on any atom is 0.131 e. The molecule has 3 nitrogen and oxygen atoms in total. The van der Waals surface area contributed by atoms with Crippen LogP contribution in [0.2, 0.25) is 0 Å². The van der Waals surface area contributed by atoms with Crippen molar-refractivity contribution in [1.29, 1.82) is 0 Å². The molecule has 0 radical (unpaired) electrons. The molecule has 0 aliphatic carbocycles. The highest BCUT2D eigenvalue weighted by Crippen LogP contribution is 2.43. The Morgan fingerprint density at radius 2 is 2.07 bits per heavy atom. The monoisotopic (exact) mass is 215 g/mol. The Morgan fingerprint density at radius 1 is 1.47 bits per heavy atom. The van der Waals surface area contributed by atoms with E-state index in [0.717, 1.165) is 19.4 Å². The van der Waals surface area contributed by atoms with Gasteiger partial charge in [0, 0.05) is 19.2 Å². The largest absolute Gasteiger partial charge is 0.381 e. The molecule has 1 aliphatic heterocycles. The van der Waals surface area contributed by atoms with Crippen molar-refractivity contribution in [3.63, 3.8) is 0 Å². The number of rotatable bonds is 3. The van der Waals surface area contributed by atoms with E-state index in [2.05, 4.69) is 32.6 Å². The number of aliphatic hydroxyl groups excluding tert-OH is 1. The van der Waals surface area contributed by atoms with Gasteiger partial charge in [-0.3, -0.25) is 4.90 Å². The molecule has 0 spiro atoms. The molecule has 3 heteroatoms. The number of nitrogens with zero attached hydrogens (tertiary/aromatic N) is 1. The maximum absolute atomic E-state index is 10.0. The van der Waals surface area contributed by atoms with Crippen molar-refractivity contribution in [2.24, 2.45) is 5.41 Å². The van der Waals surface area contributed by atoms with E-state index < -0.39 is 6.23 Å². The van der Waals surface area contributed by atoms with Crippen LogP contribution in [0.1, 0.15) is 40.5 Å². The minimum atomic E-state index is -0.471. The summed E-state index contributed by atoms with van der Waals surface area (Å²) in [4.78, 5) is 2.19. The van der Waals surface area contributed by atoms with Gasteiger partial charge in [0.25, 0.3) is 0 Å². The van der Waals surface area contributed by atoms with Gasteiger partial charge < -0.3 is 9.84 Å². The quantitative estimate of drug-likeness (QED) is 0.780. The van der Waals surface area contributed by atoms with E-state index >= 15 is 0 Å². The molecule has 15 heavy (non-hydrogen) atoms. The molecule has 1 aliphatic rings. The van der Waals surface area contributed by atoms with Crippen molar-refractivity contribution in [1.82, 2.24) is 4.90 Å². The fraction of sp³-hybridized carbons (Fsp3) is 1.00. The van der Waals surface area contributed by atoms with Crippen LogP contribution in [0.5, 0.6) is 0 Å². The third-order valence-electron chi connectivity index (χ3n) is 3.99. The first-order chi connectivity index (χ1) is 6.83. The summed E-state index contributed by atoms with van der Waals surface area (Å²) >= 11 is 0. The Hall–Kier alpha value is -0.120. The van der Waals surface area contributed by atoms with E-state index in [1.807, 2.05) is 0 Å². The highest BCUT2D eigenvalue weighted by atomic mass is 16.5. The van der Waals surface area contributed by atoms with Gasteiger partial charge in [-0.1, -0.05) is 20.8 Å². The first-order valence-corrected chi connectivity index (χ1v) is 5.76. The number of methoxy groups -OCH3 is 1. The zero-order valence-electron chi connectivity index (χ0n) is 10.7. The molecule has 0 aromatic carbocycles. The molecule has 0 bridgehead atoms. The standard InChI is InChI=1S/C12H25NO2/c1-11(2,3)12(4)7-6-8-13(12)10(14)9-15-5/h10,14H,6-9H2,1-5H3/t10?,12-/m0/s1. The average Bonchev–Trinajstić information content (AvgIpc) is 2.48. The van der Waals surface area contributed by atoms with Crippen molar-refractivity contribution >= 4 is 0 Å². The molecule has 2 atom stereocenters. The second-order valence-corrected chi connectivity index (χ2v) is 5.76. The average molecular weight is 215 g/mol. The van der Waals surface area contributed by atoms with Crippen LogP contribution in [0, 0.1) is 5.41 Å². The van der Waals surface area contributed by atoms with Gasteiger partial charge in [-0.2, -0.15) is 0 Å². The summed E-state index contributed by atoms with van der Waals surface area (Å²) in [5.74, 6) is 0. The summed E-state index contributed by atoms with van der Waals surface area (Å²) in [5.41, 5.74) is 0.253. The number of hydrogen-bond acceptors (Lipinski definition) is 3. The van der Waals surface area contributed by atoms with Crippen LogP contribution in [0.3, 0.4) is 0 Å². The second-order valence-electron chi connectivity index (χ2n) is 5.76. The van der Waals surface area contributed by atoms with Gasteiger partial charge in [0.05, 0.1) is 6.61 Å². The molecule has 1 fully saturated rings. The summed E-state index contributed by atoms with van der Waals surface area (Å²) in [7, 11) is 1.63. The third kappa shape index (κ3) is 2.35. The van der Waals surface area contributed by atoms with Gasteiger partial charge in [0.2, 0.25) is 0 Å². The summed E-state index contributed by atoms with van der Waals surface area (Å²) < 4.78 is 5.03. The predicted octanol–water partition coefficient (Wildman–Crippen LogP) is 1.85. The van der Waals surface area contributed by atoms with Crippen LogP contribution in [-0.2, 0) is 4.74 Å². The zero-order chi connectivity index (χ0) is 11.7. The SMILES string of the molecule is COCC(O)N1CCC[C@@]1(C)C(C)(C)C. The maximum atomic E-state index is 10.0. The molecule has 1 rings (SSSR count). The predicted molar refractivity (Wildman–Crippen MR) is 61.7 cm³/mol. The van der Waals surface area contributed by atoms with Gasteiger partial charge in [0.1, 0.15) is 6.23 Å². The fourth-order valence-electron chi connectivity index (χ4n) is 2.51. The lowest BCUT2D eigenvalue weighted by Gasteiger charge is -2.47. The van der Waals surface area contributed by atoms with E-state index in [9.17, 15) is 5.11 Å². The van der Waals surface area contributed by atoms with Gasteiger partial charge in [-0.25, -0.2) is 0 Å². The first-order valence-electron chi connectivity index (χ1n) is 5.76. The summed E-state index contributed by atoms with van der Waals surface area (Å²) in [5, 5.41) is 10.0. The summed E-state index contributed by atoms with van der Waals surface area (Å²) in [6.45, 7) is 10.3. The molecule has 1 saturated heterocycles. The Balaban J connectivity index is 2.80. The lowest BCUT2D eigenvalue weighted by atomic mass is 9.73. The third-order valence-corrected chi connectivity index (χ3v) is 3.99. The molecule has 1 unspecified atom stereocenters. The van der Waals surface area contributed by atoms with Gasteiger partial charge in [-0.15, -0.1) is 0 Å².